The van der Waals surface area contributed by atoms with Gasteiger partial charge in [0.05, 0.1) is 26.6 Å². The van der Waals surface area contributed by atoms with Crippen molar-refractivity contribution in [2.75, 3.05) is 21.3 Å². The number of ether oxygens (including phenoxy) is 3. The third-order valence-electron chi connectivity index (χ3n) is 3.76. The van der Waals surface area contributed by atoms with E-state index in [9.17, 15) is 14.4 Å². The number of methoxy groups -OCH3 is 3. The zero-order chi connectivity index (χ0) is 19.3. The maximum atomic E-state index is 11.6. The van der Waals surface area contributed by atoms with Crippen LogP contribution in [-0.2, 0) is 4.57 Å². The number of hydrogen-bond acceptors (Lipinski definition) is 5. The van der Waals surface area contributed by atoms with Gasteiger partial charge in [-0.15, -0.1) is 0 Å². The largest absolute Gasteiger partial charge is 0.493 e. The zero-order valence-corrected chi connectivity index (χ0v) is 16.4. The van der Waals surface area contributed by atoms with E-state index in [-0.39, 0.29) is 5.30 Å². The minimum absolute atomic E-state index is 0.0314. The third kappa shape index (κ3) is 4.43. The van der Waals surface area contributed by atoms with Crippen molar-refractivity contribution in [3.05, 3.63) is 53.6 Å². The quantitative estimate of drug-likeness (QED) is 0.492. The Morgan fingerprint density at radius 2 is 1.65 bits per heavy atom. The molecule has 8 heteroatoms. The summed E-state index contributed by atoms with van der Waals surface area (Å²) in [5.74, 6) is 1.47. The van der Waals surface area contributed by atoms with Crippen molar-refractivity contribution < 1.29 is 28.6 Å². The first-order chi connectivity index (χ1) is 12.3. The standard InChI is InChI=1S/C18H21O6PS/c1-22-14-10-9-13(17(23-2)18(14)24-3)16(26)11-8-12-6-4-5-7-15(12)25(19,20)21/h4-11,16,26H,1-3H3,(H2,19,20,21)/b11-8-. The highest BCUT2D eigenvalue weighted by molar-refractivity contribution is 7.80. The predicted octanol–water partition coefficient (Wildman–Crippen LogP) is 3.20. The maximum absolute atomic E-state index is 11.6. The SMILES string of the molecule is COc1ccc(C(S)/C=C\c2ccccc2P(=O)(O)O)c(OC)c1OC. The van der Waals surface area contributed by atoms with Crippen LogP contribution in [0.25, 0.3) is 6.08 Å². The fourth-order valence-electron chi connectivity index (χ4n) is 2.55. The lowest BCUT2D eigenvalue weighted by Crippen LogP contribution is -2.07. The first-order valence-electron chi connectivity index (χ1n) is 7.63. The highest BCUT2D eigenvalue weighted by Crippen LogP contribution is 2.44. The molecule has 0 aliphatic rings. The van der Waals surface area contributed by atoms with Crippen LogP contribution in [0, 0.1) is 0 Å². The van der Waals surface area contributed by atoms with Gasteiger partial charge in [-0.3, -0.25) is 4.57 Å². The van der Waals surface area contributed by atoms with Crippen LogP contribution in [-0.4, -0.2) is 31.1 Å². The lowest BCUT2D eigenvalue weighted by atomic mass is 10.1. The fraction of sp³-hybridized carbons (Fsp3) is 0.222. The first-order valence-corrected chi connectivity index (χ1v) is 9.76. The van der Waals surface area contributed by atoms with Gasteiger partial charge in [0.1, 0.15) is 0 Å². The summed E-state index contributed by atoms with van der Waals surface area (Å²) >= 11 is 4.57. The molecular weight excluding hydrogens is 375 g/mol. The number of benzene rings is 2. The number of rotatable bonds is 7. The van der Waals surface area contributed by atoms with Gasteiger partial charge in [0, 0.05) is 10.8 Å². The first kappa shape index (κ1) is 20.4. The van der Waals surface area contributed by atoms with Crippen LogP contribution in [0.4, 0.5) is 0 Å². The molecule has 6 nitrogen and oxygen atoms in total. The van der Waals surface area contributed by atoms with Gasteiger partial charge in [-0.1, -0.05) is 30.4 Å². The average Bonchev–Trinajstić information content (AvgIpc) is 2.64. The zero-order valence-electron chi connectivity index (χ0n) is 14.6. The van der Waals surface area contributed by atoms with E-state index in [1.807, 2.05) is 0 Å². The monoisotopic (exact) mass is 396 g/mol. The molecule has 0 saturated heterocycles. The van der Waals surface area contributed by atoms with E-state index in [0.717, 1.165) is 5.56 Å². The summed E-state index contributed by atoms with van der Waals surface area (Å²) in [6.07, 6.45) is 3.35. The van der Waals surface area contributed by atoms with Crippen LogP contribution in [0.15, 0.2) is 42.5 Å². The second-order valence-electron chi connectivity index (χ2n) is 5.33. The van der Waals surface area contributed by atoms with E-state index >= 15 is 0 Å². The third-order valence-corrected chi connectivity index (χ3v) is 5.25. The normalized spacial score (nSPS) is 12.8. The summed E-state index contributed by atoms with van der Waals surface area (Å²) in [5, 5.41) is -0.425. The van der Waals surface area contributed by atoms with Gasteiger partial charge < -0.3 is 24.0 Å². The van der Waals surface area contributed by atoms with E-state index in [2.05, 4.69) is 12.6 Å². The molecule has 0 heterocycles. The number of thiol groups is 1. The maximum Gasteiger partial charge on any atom is 0.356 e. The average molecular weight is 396 g/mol. The van der Waals surface area contributed by atoms with Crippen LogP contribution in [0.5, 0.6) is 17.2 Å². The topological polar surface area (TPSA) is 85.2 Å². The Kier molecular flexibility index (Phi) is 6.78. The molecule has 1 unspecified atom stereocenters. The van der Waals surface area contributed by atoms with Crippen LogP contribution in [0.2, 0.25) is 0 Å². The van der Waals surface area contributed by atoms with Crippen molar-refractivity contribution in [3.63, 3.8) is 0 Å². The Morgan fingerprint density at radius 1 is 1.00 bits per heavy atom. The van der Waals surface area contributed by atoms with Crippen molar-refractivity contribution in [1.29, 1.82) is 0 Å². The minimum atomic E-state index is -4.36. The van der Waals surface area contributed by atoms with Gasteiger partial charge in [-0.25, -0.2) is 0 Å². The molecule has 0 aliphatic carbocycles. The molecule has 0 saturated carbocycles. The molecule has 0 aromatic heterocycles. The Bertz CT molecular complexity index is 846. The summed E-state index contributed by atoms with van der Waals surface area (Å²) in [4.78, 5) is 18.9. The van der Waals surface area contributed by atoms with Crippen LogP contribution in [0.1, 0.15) is 16.4 Å². The van der Waals surface area contributed by atoms with Crippen LogP contribution >= 0.6 is 20.2 Å². The molecule has 26 heavy (non-hydrogen) atoms. The molecule has 0 bridgehead atoms. The minimum Gasteiger partial charge on any atom is -0.493 e. The fourth-order valence-corrected chi connectivity index (χ4v) is 3.60. The van der Waals surface area contributed by atoms with Crippen molar-refractivity contribution >= 4 is 31.6 Å². The summed E-state index contributed by atoms with van der Waals surface area (Å²) in [5.41, 5.74) is 1.16. The Hall–Kier alpha value is -1.92. The highest BCUT2D eigenvalue weighted by Gasteiger charge is 2.21. The van der Waals surface area contributed by atoms with E-state index in [1.54, 1.807) is 42.5 Å². The molecule has 0 spiro atoms. The number of hydrogen-bond donors (Lipinski definition) is 3. The molecular formula is C18H21O6PS. The Morgan fingerprint density at radius 3 is 2.23 bits per heavy atom. The van der Waals surface area contributed by atoms with Crippen LogP contribution < -0.4 is 19.5 Å². The van der Waals surface area contributed by atoms with Gasteiger partial charge >= 0.3 is 7.60 Å². The van der Waals surface area contributed by atoms with E-state index in [4.69, 9.17) is 14.2 Å². The Labute approximate surface area is 158 Å². The Balaban J connectivity index is 2.41. The second kappa shape index (κ2) is 8.64. The molecule has 1 atom stereocenters. The lowest BCUT2D eigenvalue weighted by Gasteiger charge is -2.17. The molecule has 0 amide bonds. The van der Waals surface area contributed by atoms with Crippen molar-refractivity contribution in [2.45, 2.75) is 5.25 Å². The van der Waals surface area contributed by atoms with E-state index in [0.29, 0.717) is 22.8 Å². The summed E-state index contributed by atoms with van der Waals surface area (Å²) < 4.78 is 27.7. The van der Waals surface area contributed by atoms with Crippen molar-refractivity contribution in [1.82, 2.24) is 0 Å². The predicted molar refractivity (Wildman–Crippen MR) is 105 cm³/mol. The molecule has 2 N–H and O–H groups in total. The van der Waals surface area contributed by atoms with E-state index < -0.39 is 12.8 Å². The lowest BCUT2D eigenvalue weighted by molar-refractivity contribution is 0.322. The molecule has 2 rings (SSSR count). The van der Waals surface area contributed by atoms with Gasteiger partial charge in [0.15, 0.2) is 11.5 Å². The molecule has 0 radical (unpaired) electrons. The summed E-state index contributed by atoms with van der Waals surface area (Å²) in [6.45, 7) is 0. The highest BCUT2D eigenvalue weighted by atomic mass is 32.1. The molecule has 2 aromatic carbocycles. The molecule has 0 fully saturated rings. The smallest absolute Gasteiger partial charge is 0.356 e. The van der Waals surface area contributed by atoms with Gasteiger partial charge in [0.2, 0.25) is 5.75 Å². The van der Waals surface area contributed by atoms with E-state index in [1.165, 1.54) is 27.4 Å². The van der Waals surface area contributed by atoms with Gasteiger partial charge in [-0.2, -0.15) is 12.6 Å². The van der Waals surface area contributed by atoms with Gasteiger partial charge in [-0.05, 0) is 23.8 Å². The van der Waals surface area contributed by atoms with Gasteiger partial charge in [0.25, 0.3) is 0 Å². The van der Waals surface area contributed by atoms with Crippen molar-refractivity contribution in [3.8, 4) is 17.2 Å². The summed E-state index contributed by atoms with van der Waals surface area (Å²) in [6, 6.07) is 9.89. The van der Waals surface area contributed by atoms with Crippen molar-refractivity contribution in [2.24, 2.45) is 0 Å². The molecule has 140 valence electrons. The molecule has 2 aromatic rings. The summed E-state index contributed by atoms with van der Waals surface area (Å²) in [7, 11) is 0.212. The van der Waals surface area contributed by atoms with Crippen LogP contribution in [0.3, 0.4) is 0 Å². The molecule has 0 aliphatic heterocycles. The second-order valence-corrected chi connectivity index (χ2v) is 7.46.